The number of hydroxylamine groups is 2. The van der Waals surface area contributed by atoms with Gasteiger partial charge in [0.1, 0.15) is 0 Å². The van der Waals surface area contributed by atoms with Crippen molar-refractivity contribution in [2.45, 2.75) is 25.4 Å². The molecule has 2 rings (SSSR count). The summed E-state index contributed by atoms with van der Waals surface area (Å²) < 4.78 is 11.2. The molecule has 0 heterocycles. The highest BCUT2D eigenvalue weighted by atomic mass is 31.2. The summed E-state index contributed by atoms with van der Waals surface area (Å²) in [5.41, 5.74) is 2.62. The van der Waals surface area contributed by atoms with Crippen molar-refractivity contribution in [2.24, 2.45) is 0 Å². The van der Waals surface area contributed by atoms with Gasteiger partial charge in [0.25, 0.3) is 5.91 Å². The molecule has 0 aliphatic rings. The van der Waals surface area contributed by atoms with Gasteiger partial charge >= 0.3 is 13.6 Å². The Morgan fingerprint density at radius 1 is 1.03 bits per heavy atom. The minimum Gasteiger partial charge on any atom is -0.480 e. The lowest BCUT2D eigenvalue weighted by Crippen LogP contribution is -2.51. The van der Waals surface area contributed by atoms with Gasteiger partial charge in [-0.2, -0.15) is 0 Å². The van der Waals surface area contributed by atoms with E-state index in [1.54, 1.807) is 12.1 Å². The first-order chi connectivity index (χ1) is 13.6. The predicted molar refractivity (Wildman–Crippen MR) is 105 cm³/mol. The van der Waals surface area contributed by atoms with E-state index in [1.807, 2.05) is 42.5 Å². The van der Waals surface area contributed by atoms with Crippen molar-refractivity contribution in [1.82, 2.24) is 10.4 Å². The smallest absolute Gasteiger partial charge is 0.339 e. The second-order valence-corrected chi connectivity index (χ2v) is 8.19. The highest BCUT2D eigenvalue weighted by Gasteiger charge is 2.31. The molecule has 5 N–H and O–H groups in total. The lowest BCUT2D eigenvalue weighted by molar-refractivity contribution is -0.185. The maximum Gasteiger partial charge on any atom is 0.339 e. The van der Waals surface area contributed by atoms with Crippen LogP contribution in [0.4, 0.5) is 0 Å². The maximum absolute atomic E-state index is 12.5. The van der Waals surface area contributed by atoms with Gasteiger partial charge in [-0.25, -0.2) is 9.86 Å². The van der Waals surface area contributed by atoms with E-state index in [0.29, 0.717) is 5.56 Å². The molecule has 0 spiro atoms. The molecule has 0 radical (unpaired) electrons. The summed E-state index contributed by atoms with van der Waals surface area (Å²) in [6, 6.07) is 14.1. The van der Waals surface area contributed by atoms with Crippen molar-refractivity contribution >= 4 is 19.5 Å². The SMILES string of the molecule is C[C@@H](C(=O)O)N(O)C(=O)C(Cc1ccc(-c2ccccc2)cc1)NCP(=O)(O)O. The summed E-state index contributed by atoms with van der Waals surface area (Å²) in [6.45, 7) is 1.12. The van der Waals surface area contributed by atoms with E-state index in [9.17, 15) is 19.4 Å². The first-order valence-electron chi connectivity index (χ1n) is 8.75. The number of amides is 1. The van der Waals surface area contributed by atoms with E-state index in [1.165, 1.54) is 0 Å². The molecule has 1 unspecified atom stereocenters. The molecule has 0 saturated carbocycles. The van der Waals surface area contributed by atoms with Gasteiger partial charge in [0, 0.05) is 0 Å². The number of rotatable bonds is 9. The van der Waals surface area contributed by atoms with Crippen LogP contribution in [-0.4, -0.2) is 55.4 Å². The number of benzene rings is 2. The van der Waals surface area contributed by atoms with Crippen molar-refractivity contribution in [3.63, 3.8) is 0 Å². The summed E-state index contributed by atoms with van der Waals surface area (Å²) in [4.78, 5) is 41.7. The molecule has 0 saturated heterocycles. The molecule has 10 heteroatoms. The number of hydrogen-bond donors (Lipinski definition) is 5. The largest absolute Gasteiger partial charge is 0.480 e. The fourth-order valence-corrected chi connectivity index (χ4v) is 3.09. The summed E-state index contributed by atoms with van der Waals surface area (Å²) in [7, 11) is -4.46. The van der Waals surface area contributed by atoms with Crippen LogP contribution >= 0.6 is 7.60 Å². The number of carbonyl (C=O) groups is 2. The normalized spacial score (nSPS) is 13.5. The number of carboxylic acids is 1. The van der Waals surface area contributed by atoms with Crippen molar-refractivity contribution < 1.29 is 34.3 Å². The van der Waals surface area contributed by atoms with E-state index in [-0.39, 0.29) is 11.5 Å². The third kappa shape index (κ3) is 6.77. The van der Waals surface area contributed by atoms with Crippen LogP contribution in [-0.2, 0) is 20.6 Å². The quantitative estimate of drug-likeness (QED) is 0.233. The van der Waals surface area contributed by atoms with Gasteiger partial charge in [-0.05, 0) is 30.0 Å². The number of carboxylic acid groups (broad SMARTS) is 1. The summed E-state index contributed by atoms with van der Waals surface area (Å²) in [6.07, 6.45) is -0.794. The molecule has 0 aliphatic carbocycles. The predicted octanol–water partition coefficient (Wildman–Crippen LogP) is 1.68. The second-order valence-electron chi connectivity index (χ2n) is 6.54. The molecule has 2 aromatic rings. The Balaban J connectivity index is 2.19. The zero-order chi connectivity index (χ0) is 21.6. The standard InChI is InChI=1S/C19H23N2O7P/c1-13(19(23)24)21(25)18(22)17(20-12-29(26,27)28)11-14-7-9-16(10-8-14)15-5-3-2-4-6-15/h2-10,13,17,20,25H,11-12H2,1H3,(H,23,24)(H2,26,27,28)/t13-,17?/m0/s1. The van der Waals surface area contributed by atoms with E-state index in [0.717, 1.165) is 18.1 Å². The van der Waals surface area contributed by atoms with Crippen LogP contribution in [0.2, 0.25) is 0 Å². The van der Waals surface area contributed by atoms with E-state index in [2.05, 4.69) is 5.32 Å². The topological polar surface area (TPSA) is 147 Å². The maximum atomic E-state index is 12.5. The van der Waals surface area contributed by atoms with Crippen molar-refractivity contribution in [3.05, 3.63) is 60.2 Å². The number of nitrogens with one attached hydrogen (secondary N) is 1. The zero-order valence-corrected chi connectivity index (χ0v) is 16.6. The Bertz CT molecular complexity index is 883. The van der Waals surface area contributed by atoms with Gasteiger partial charge in [0.2, 0.25) is 0 Å². The first kappa shape index (κ1) is 22.7. The number of hydrogen-bond acceptors (Lipinski definition) is 5. The molecule has 0 aliphatic heterocycles. The van der Waals surface area contributed by atoms with Crippen molar-refractivity contribution in [3.8, 4) is 11.1 Å². The van der Waals surface area contributed by atoms with Crippen LogP contribution in [0.15, 0.2) is 54.6 Å². The molecule has 1 amide bonds. The van der Waals surface area contributed by atoms with Crippen LogP contribution in [0, 0.1) is 0 Å². The minimum atomic E-state index is -4.46. The second kappa shape index (κ2) is 9.78. The molecular formula is C19H23N2O7P. The highest BCUT2D eigenvalue weighted by molar-refractivity contribution is 7.51. The number of aliphatic carboxylic acids is 1. The highest BCUT2D eigenvalue weighted by Crippen LogP contribution is 2.32. The third-order valence-corrected chi connectivity index (χ3v) is 4.89. The zero-order valence-electron chi connectivity index (χ0n) is 15.7. The van der Waals surface area contributed by atoms with Crippen molar-refractivity contribution in [1.29, 1.82) is 0 Å². The Hall–Kier alpha value is -2.55. The molecular weight excluding hydrogens is 399 g/mol. The molecule has 0 fully saturated rings. The van der Waals surface area contributed by atoms with Crippen LogP contribution in [0.25, 0.3) is 11.1 Å². The van der Waals surface area contributed by atoms with E-state index < -0.39 is 37.8 Å². The van der Waals surface area contributed by atoms with Crippen LogP contribution in [0.1, 0.15) is 12.5 Å². The lowest BCUT2D eigenvalue weighted by Gasteiger charge is -2.25. The molecule has 29 heavy (non-hydrogen) atoms. The number of carbonyl (C=O) groups excluding carboxylic acids is 1. The van der Waals surface area contributed by atoms with E-state index >= 15 is 0 Å². The van der Waals surface area contributed by atoms with Crippen LogP contribution < -0.4 is 5.32 Å². The average molecular weight is 422 g/mol. The molecule has 2 aromatic carbocycles. The van der Waals surface area contributed by atoms with Gasteiger partial charge in [-0.15, -0.1) is 0 Å². The Kier molecular flexibility index (Phi) is 7.66. The monoisotopic (exact) mass is 422 g/mol. The minimum absolute atomic E-state index is 0.00268. The van der Waals surface area contributed by atoms with Crippen LogP contribution in [0.3, 0.4) is 0 Å². The Labute approximate surface area is 167 Å². The summed E-state index contributed by atoms with van der Waals surface area (Å²) >= 11 is 0. The molecule has 156 valence electrons. The van der Waals surface area contributed by atoms with Gasteiger partial charge in [0.15, 0.2) is 6.04 Å². The Morgan fingerprint density at radius 2 is 1.59 bits per heavy atom. The molecule has 0 bridgehead atoms. The van der Waals surface area contributed by atoms with E-state index in [4.69, 9.17) is 14.9 Å². The molecule has 0 aromatic heterocycles. The third-order valence-electron chi connectivity index (χ3n) is 4.29. The van der Waals surface area contributed by atoms with Gasteiger partial charge in [0.05, 0.1) is 12.3 Å². The summed E-state index contributed by atoms with van der Waals surface area (Å²) in [5, 5.41) is 21.3. The van der Waals surface area contributed by atoms with Gasteiger partial charge in [-0.3, -0.25) is 19.9 Å². The fraction of sp³-hybridized carbons (Fsp3) is 0.263. The number of nitrogens with zero attached hydrogens (tertiary/aromatic N) is 1. The average Bonchev–Trinajstić information content (AvgIpc) is 2.69. The lowest BCUT2D eigenvalue weighted by atomic mass is 10.00. The molecule has 9 nitrogen and oxygen atoms in total. The van der Waals surface area contributed by atoms with Gasteiger partial charge in [-0.1, -0.05) is 54.6 Å². The van der Waals surface area contributed by atoms with Gasteiger partial charge < -0.3 is 14.9 Å². The summed E-state index contributed by atoms with van der Waals surface area (Å²) in [5.74, 6) is -2.41. The van der Waals surface area contributed by atoms with Crippen molar-refractivity contribution in [2.75, 3.05) is 6.29 Å². The molecule has 2 atom stereocenters. The first-order valence-corrected chi connectivity index (χ1v) is 10.6. The fourth-order valence-electron chi connectivity index (χ4n) is 2.63. The Morgan fingerprint density at radius 3 is 2.10 bits per heavy atom. The van der Waals surface area contributed by atoms with Crippen LogP contribution in [0.5, 0.6) is 0 Å².